The zero-order chi connectivity index (χ0) is 14.1. The second-order valence-corrected chi connectivity index (χ2v) is 5.12. The lowest BCUT2D eigenvalue weighted by atomic mass is 9.89. The Labute approximate surface area is 118 Å². The van der Waals surface area contributed by atoms with Crippen molar-refractivity contribution in [2.24, 2.45) is 0 Å². The van der Waals surface area contributed by atoms with Crippen molar-refractivity contribution in [3.63, 3.8) is 0 Å². The van der Waals surface area contributed by atoms with Crippen molar-refractivity contribution in [2.45, 2.75) is 18.9 Å². The fourth-order valence-corrected chi connectivity index (χ4v) is 2.77. The van der Waals surface area contributed by atoms with Crippen LogP contribution >= 0.6 is 0 Å². The van der Waals surface area contributed by atoms with Crippen LogP contribution in [0.2, 0.25) is 0 Å². The highest BCUT2D eigenvalue weighted by Crippen LogP contribution is 2.42. The Morgan fingerprint density at radius 3 is 2.80 bits per heavy atom. The molecule has 2 aromatic rings. The molecule has 0 saturated heterocycles. The van der Waals surface area contributed by atoms with Crippen molar-refractivity contribution in [3.8, 4) is 11.5 Å². The van der Waals surface area contributed by atoms with E-state index in [0.717, 1.165) is 28.2 Å². The topological polar surface area (TPSA) is 38.7 Å². The summed E-state index contributed by atoms with van der Waals surface area (Å²) >= 11 is 0. The molecule has 1 N–H and O–H groups in total. The number of fused-ring (bicyclic) bond motifs is 1. The second kappa shape index (κ2) is 5.17. The summed E-state index contributed by atoms with van der Waals surface area (Å²) in [5.41, 5.74) is 3.03. The monoisotopic (exact) mass is 270 g/mol. The van der Waals surface area contributed by atoms with Crippen LogP contribution in [-0.4, -0.2) is 18.8 Å². The van der Waals surface area contributed by atoms with Gasteiger partial charge in [-0.15, -0.1) is 0 Å². The van der Waals surface area contributed by atoms with Crippen LogP contribution in [0.5, 0.6) is 11.5 Å². The third-order valence-electron chi connectivity index (χ3n) is 3.91. The molecule has 3 nitrogen and oxygen atoms in total. The molecule has 2 atom stereocenters. The molecule has 0 amide bonds. The van der Waals surface area contributed by atoms with E-state index in [2.05, 4.69) is 0 Å². The number of rotatable bonds is 3. The quantitative estimate of drug-likeness (QED) is 0.930. The van der Waals surface area contributed by atoms with Crippen LogP contribution in [0.1, 0.15) is 28.7 Å². The number of aliphatic hydroxyl groups excluding tert-OH is 1. The lowest BCUT2D eigenvalue weighted by Crippen LogP contribution is -2.13. The minimum atomic E-state index is -0.565. The standard InChI is InChI=1S/C17H18O3/c1-11-9-12(19-2)7-8-13(11)17(18)15-10-20-16-6-4-3-5-14(15)16/h3-9,15,17-18H,10H2,1-2H3. The molecule has 0 bridgehead atoms. The van der Waals surface area contributed by atoms with Gasteiger partial charge in [0.05, 0.1) is 25.7 Å². The van der Waals surface area contributed by atoms with Gasteiger partial charge in [0, 0.05) is 5.56 Å². The summed E-state index contributed by atoms with van der Waals surface area (Å²) in [7, 11) is 1.64. The zero-order valence-corrected chi connectivity index (χ0v) is 11.7. The predicted molar refractivity (Wildman–Crippen MR) is 77.4 cm³/mol. The molecule has 1 aliphatic heterocycles. The molecule has 20 heavy (non-hydrogen) atoms. The summed E-state index contributed by atoms with van der Waals surface area (Å²) in [5.74, 6) is 1.67. The summed E-state index contributed by atoms with van der Waals surface area (Å²) in [6, 6.07) is 13.7. The number of hydrogen-bond donors (Lipinski definition) is 1. The first-order valence-electron chi connectivity index (χ1n) is 6.75. The lowest BCUT2D eigenvalue weighted by Gasteiger charge is -2.20. The van der Waals surface area contributed by atoms with Gasteiger partial charge in [-0.25, -0.2) is 0 Å². The van der Waals surface area contributed by atoms with E-state index in [1.807, 2.05) is 49.4 Å². The third-order valence-corrected chi connectivity index (χ3v) is 3.91. The number of para-hydroxylation sites is 1. The number of methoxy groups -OCH3 is 1. The van der Waals surface area contributed by atoms with E-state index in [1.54, 1.807) is 7.11 Å². The third kappa shape index (κ3) is 2.14. The van der Waals surface area contributed by atoms with Crippen LogP contribution in [0.15, 0.2) is 42.5 Å². The molecule has 0 aromatic heterocycles. The summed E-state index contributed by atoms with van der Waals surface area (Å²) in [4.78, 5) is 0. The van der Waals surface area contributed by atoms with Gasteiger partial charge in [0.25, 0.3) is 0 Å². The molecule has 0 radical (unpaired) electrons. The zero-order valence-electron chi connectivity index (χ0n) is 11.7. The summed E-state index contributed by atoms with van der Waals surface area (Å²) in [6.07, 6.45) is -0.565. The highest BCUT2D eigenvalue weighted by Gasteiger charge is 2.31. The first kappa shape index (κ1) is 13.0. The van der Waals surface area contributed by atoms with Gasteiger partial charge in [-0.05, 0) is 36.2 Å². The molecule has 0 fully saturated rings. The number of aryl methyl sites for hydroxylation is 1. The van der Waals surface area contributed by atoms with Gasteiger partial charge >= 0.3 is 0 Å². The van der Waals surface area contributed by atoms with E-state index in [9.17, 15) is 5.11 Å². The van der Waals surface area contributed by atoms with E-state index in [4.69, 9.17) is 9.47 Å². The van der Waals surface area contributed by atoms with Crippen molar-refractivity contribution in [1.29, 1.82) is 0 Å². The summed E-state index contributed by atoms with van der Waals surface area (Å²) in [6.45, 7) is 2.51. The van der Waals surface area contributed by atoms with Crippen LogP contribution in [0.25, 0.3) is 0 Å². The Hall–Kier alpha value is -2.00. The largest absolute Gasteiger partial charge is 0.497 e. The Balaban J connectivity index is 1.92. The van der Waals surface area contributed by atoms with E-state index in [0.29, 0.717) is 6.61 Å². The average molecular weight is 270 g/mol. The van der Waals surface area contributed by atoms with Crippen molar-refractivity contribution in [3.05, 3.63) is 59.2 Å². The van der Waals surface area contributed by atoms with Crippen molar-refractivity contribution >= 4 is 0 Å². The van der Waals surface area contributed by atoms with Gasteiger partial charge in [-0.3, -0.25) is 0 Å². The maximum atomic E-state index is 10.7. The Bertz CT molecular complexity index is 621. The second-order valence-electron chi connectivity index (χ2n) is 5.12. The van der Waals surface area contributed by atoms with Crippen molar-refractivity contribution in [1.82, 2.24) is 0 Å². The summed E-state index contributed by atoms with van der Waals surface area (Å²) in [5, 5.41) is 10.7. The smallest absolute Gasteiger partial charge is 0.123 e. The molecule has 1 heterocycles. The van der Waals surface area contributed by atoms with Crippen molar-refractivity contribution in [2.75, 3.05) is 13.7 Å². The molecule has 3 rings (SSSR count). The van der Waals surface area contributed by atoms with Gasteiger partial charge < -0.3 is 14.6 Å². The van der Waals surface area contributed by atoms with Crippen molar-refractivity contribution < 1.29 is 14.6 Å². The van der Waals surface area contributed by atoms with Gasteiger partial charge in [-0.2, -0.15) is 0 Å². The number of ether oxygens (including phenoxy) is 2. The van der Waals surface area contributed by atoms with Gasteiger partial charge in [0.2, 0.25) is 0 Å². The molecule has 1 aliphatic rings. The number of hydrogen-bond acceptors (Lipinski definition) is 3. The normalized spacial score (nSPS) is 18.2. The molecule has 0 spiro atoms. The van der Waals surface area contributed by atoms with Gasteiger partial charge in [0.15, 0.2) is 0 Å². The minimum absolute atomic E-state index is 0.0155. The van der Waals surface area contributed by atoms with Crippen LogP contribution in [0.4, 0.5) is 0 Å². The highest BCUT2D eigenvalue weighted by atomic mass is 16.5. The maximum absolute atomic E-state index is 10.7. The first-order valence-corrected chi connectivity index (χ1v) is 6.75. The Morgan fingerprint density at radius 1 is 1.25 bits per heavy atom. The van der Waals surface area contributed by atoms with E-state index >= 15 is 0 Å². The lowest BCUT2D eigenvalue weighted by molar-refractivity contribution is 0.129. The average Bonchev–Trinajstić information content (AvgIpc) is 2.90. The molecule has 2 aromatic carbocycles. The Kier molecular flexibility index (Phi) is 3.36. The maximum Gasteiger partial charge on any atom is 0.123 e. The van der Waals surface area contributed by atoms with E-state index < -0.39 is 6.10 Å². The molecule has 0 saturated carbocycles. The van der Waals surface area contributed by atoms with Crippen LogP contribution in [-0.2, 0) is 0 Å². The van der Waals surface area contributed by atoms with Gasteiger partial charge in [0.1, 0.15) is 11.5 Å². The number of benzene rings is 2. The molecule has 104 valence electrons. The van der Waals surface area contributed by atoms with Gasteiger partial charge in [-0.1, -0.05) is 24.3 Å². The van der Waals surface area contributed by atoms with Crippen LogP contribution < -0.4 is 9.47 Å². The SMILES string of the molecule is COc1ccc(C(O)C2COc3ccccc32)c(C)c1. The fraction of sp³-hybridized carbons (Fsp3) is 0.294. The van der Waals surface area contributed by atoms with E-state index in [1.165, 1.54) is 0 Å². The number of aliphatic hydroxyl groups is 1. The molecule has 3 heteroatoms. The Morgan fingerprint density at radius 2 is 2.05 bits per heavy atom. The van der Waals surface area contributed by atoms with Crippen LogP contribution in [0.3, 0.4) is 0 Å². The van der Waals surface area contributed by atoms with Crippen LogP contribution in [0, 0.1) is 6.92 Å². The molecular weight excluding hydrogens is 252 g/mol. The summed E-state index contributed by atoms with van der Waals surface area (Å²) < 4.78 is 10.9. The molecular formula is C17H18O3. The predicted octanol–water partition coefficient (Wildman–Crippen LogP) is 3.21. The molecule has 0 aliphatic carbocycles. The highest BCUT2D eigenvalue weighted by molar-refractivity contribution is 5.43. The first-order chi connectivity index (χ1) is 9.70. The molecule has 2 unspecified atom stereocenters. The fourth-order valence-electron chi connectivity index (χ4n) is 2.77. The minimum Gasteiger partial charge on any atom is -0.497 e. The van der Waals surface area contributed by atoms with E-state index in [-0.39, 0.29) is 5.92 Å².